The van der Waals surface area contributed by atoms with Gasteiger partial charge < -0.3 is 19.9 Å². The lowest BCUT2D eigenvalue weighted by Crippen LogP contribution is -2.45. The minimum atomic E-state index is -4.69. The maximum Gasteiger partial charge on any atom is 0.391 e. The highest BCUT2D eigenvalue weighted by Gasteiger charge is 2.36. The number of carbonyl (C=O) groups is 2. The summed E-state index contributed by atoms with van der Waals surface area (Å²) in [6, 6.07) is 2.96. The predicted molar refractivity (Wildman–Crippen MR) is 82.7 cm³/mol. The van der Waals surface area contributed by atoms with Crippen LogP contribution in [0.5, 0.6) is 11.5 Å². The first-order valence-corrected chi connectivity index (χ1v) is 7.38. The fourth-order valence-electron chi connectivity index (χ4n) is 2.20. The number of hydrogen-bond donors (Lipinski definition) is 2. The Bertz CT molecular complexity index is 618. The molecule has 0 aliphatic rings. The molecule has 25 heavy (non-hydrogen) atoms. The van der Waals surface area contributed by atoms with Gasteiger partial charge in [0, 0.05) is 5.92 Å². The zero-order valence-corrected chi connectivity index (χ0v) is 14.0. The second kappa shape index (κ2) is 8.59. The SMILES string of the molecule is COc1ccc(CC(C)C(=O)NC(CC(F)(F)F)C(=O)O)cc1OC. The summed E-state index contributed by atoms with van der Waals surface area (Å²) >= 11 is 0. The van der Waals surface area contributed by atoms with Crippen molar-refractivity contribution in [1.29, 1.82) is 0 Å². The molecule has 6 nitrogen and oxygen atoms in total. The average molecular weight is 363 g/mol. The van der Waals surface area contributed by atoms with Crippen LogP contribution < -0.4 is 14.8 Å². The molecule has 2 unspecified atom stereocenters. The molecule has 2 N–H and O–H groups in total. The van der Waals surface area contributed by atoms with Gasteiger partial charge in [-0.05, 0) is 24.1 Å². The van der Waals surface area contributed by atoms with E-state index in [1.165, 1.54) is 21.1 Å². The Morgan fingerprint density at radius 2 is 1.80 bits per heavy atom. The summed E-state index contributed by atoms with van der Waals surface area (Å²) in [6.45, 7) is 1.50. The minimum Gasteiger partial charge on any atom is -0.493 e. The molecule has 0 aliphatic heterocycles. The van der Waals surface area contributed by atoms with Crippen molar-refractivity contribution in [3.05, 3.63) is 23.8 Å². The highest BCUT2D eigenvalue weighted by molar-refractivity contribution is 5.85. The minimum absolute atomic E-state index is 0.199. The van der Waals surface area contributed by atoms with E-state index < -0.39 is 36.4 Å². The molecular weight excluding hydrogens is 343 g/mol. The van der Waals surface area contributed by atoms with Crippen LogP contribution in [0, 0.1) is 5.92 Å². The number of carboxylic acids is 1. The van der Waals surface area contributed by atoms with Crippen LogP contribution in [0.1, 0.15) is 18.9 Å². The summed E-state index contributed by atoms with van der Waals surface area (Å²) in [7, 11) is 2.92. The third-order valence-corrected chi connectivity index (χ3v) is 3.49. The van der Waals surface area contributed by atoms with E-state index in [0.29, 0.717) is 17.1 Å². The van der Waals surface area contributed by atoms with Crippen molar-refractivity contribution in [3.8, 4) is 11.5 Å². The van der Waals surface area contributed by atoms with E-state index in [2.05, 4.69) is 0 Å². The Morgan fingerprint density at radius 3 is 2.28 bits per heavy atom. The van der Waals surface area contributed by atoms with Crippen molar-refractivity contribution in [3.63, 3.8) is 0 Å². The van der Waals surface area contributed by atoms with Gasteiger partial charge in [0.25, 0.3) is 0 Å². The van der Waals surface area contributed by atoms with Gasteiger partial charge in [0.15, 0.2) is 11.5 Å². The number of nitrogens with one attached hydrogen (secondary N) is 1. The van der Waals surface area contributed by atoms with Crippen molar-refractivity contribution >= 4 is 11.9 Å². The average Bonchev–Trinajstić information content (AvgIpc) is 2.52. The molecule has 0 spiro atoms. The highest BCUT2D eigenvalue weighted by atomic mass is 19.4. The van der Waals surface area contributed by atoms with Gasteiger partial charge in [-0.2, -0.15) is 13.2 Å². The van der Waals surface area contributed by atoms with Gasteiger partial charge in [-0.25, -0.2) is 4.79 Å². The summed E-state index contributed by atoms with van der Waals surface area (Å²) in [5.41, 5.74) is 0.697. The zero-order valence-electron chi connectivity index (χ0n) is 14.0. The second-order valence-electron chi connectivity index (χ2n) is 5.51. The summed E-state index contributed by atoms with van der Waals surface area (Å²) in [5, 5.41) is 10.8. The van der Waals surface area contributed by atoms with Gasteiger partial charge in [-0.1, -0.05) is 13.0 Å². The molecule has 0 aliphatic carbocycles. The number of amides is 1. The number of alkyl halides is 3. The first-order chi connectivity index (χ1) is 11.6. The van der Waals surface area contributed by atoms with Crippen LogP contribution in [0.4, 0.5) is 13.2 Å². The lowest BCUT2D eigenvalue weighted by molar-refractivity contribution is -0.160. The van der Waals surface area contributed by atoms with Gasteiger partial charge in [-0.3, -0.25) is 4.79 Å². The molecule has 0 fully saturated rings. The first-order valence-electron chi connectivity index (χ1n) is 7.38. The Labute approximate surface area is 142 Å². The number of rotatable bonds is 8. The molecule has 0 radical (unpaired) electrons. The van der Waals surface area contributed by atoms with Crippen LogP contribution >= 0.6 is 0 Å². The Hall–Kier alpha value is -2.45. The summed E-state index contributed by atoms with van der Waals surface area (Å²) in [4.78, 5) is 22.9. The largest absolute Gasteiger partial charge is 0.493 e. The zero-order chi connectivity index (χ0) is 19.2. The number of aliphatic carboxylic acids is 1. The summed E-state index contributed by atoms with van der Waals surface area (Å²) < 4.78 is 47.4. The van der Waals surface area contributed by atoms with Gasteiger partial charge in [0.1, 0.15) is 6.04 Å². The van der Waals surface area contributed by atoms with Crippen molar-refractivity contribution in [2.45, 2.75) is 32.0 Å². The Balaban J connectivity index is 2.77. The summed E-state index contributed by atoms with van der Waals surface area (Å²) in [6.07, 6.45) is -6.12. The molecule has 9 heteroatoms. The normalized spacial score (nSPS) is 13.7. The van der Waals surface area contributed by atoms with E-state index in [1.54, 1.807) is 18.2 Å². The predicted octanol–water partition coefficient (Wildman–Crippen LogP) is 2.40. The van der Waals surface area contributed by atoms with Crippen LogP contribution in [0.25, 0.3) is 0 Å². The van der Waals surface area contributed by atoms with Gasteiger partial charge >= 0.3 is 12.1 Å². The lowest BCUT2D eigenvalue weighted by atomic mass is 9.99. The second-order valence-corrected chi connectivity index (χ2v) is 5.51. The molecule has 1 aromatic rings. The highest BCUT2D eigenvalue weighted by Crippen LogP contribution is 2.28. The number of methoxy groups -OCH3 is 2. The number of halogens is 3. The third-order valence-electron chi connectivity index (χ3n) is 3.49. The van der Waals surface area contributed by atoms with Crippen molar-refractivity contribution in [2.24, 2.45) is 5.92 Å². The molecule has 2 atom stereocenters. The molecule has 140 valence electrons. The van der Waals surface area contributed by atoms with Crippen LogP contribution in [-0.2, 0) is 16.0 Å². The Kier molecular flexibility index (Phi) is 7.08. The molecule has 0 saturated carbocycles. The number of benzene rings is 1. The van der Waals surface area contributed by atoms with E-state index in [1.807, 2.05) is 5.32 Å². The summed E-state index contributed by atoms with van der Waals surface area (Å²) in [5.74, 6) is -2.28. The Morgan fingerprint density at radius 1 is 1.20 bits per heavy atom. The molecule has 0 aromatic heterocycles. The van der Waals surface area contributed by atoms with E-state index in [9.17, 15) is 22.8 Å². The van der Waals surface area contributed by atoms with Crippen LogP contribution in [-0.4, -0.2) is 43.4 Å². The fraction of sp³-hybridized carbons (Fsp3) is 0.500. The smallest absolute Gasteiger partial charge is 0.391 e. The standard InChI is InChI=1S/C16H20F3NO5/c1-9(6-10-4-5-12(24-2)13(7-10)25-3)14(21)20-11(15(22)23)8-16(17,18)19/h4-5,7,9,11H,6,8H2,1-3H3,(H,20,21)(H,22,23). The lowest BCUT2D eigenvalue weighted by Gasteiger charge is -2.19. The molecule has 1 amide bonds. The molecule has 1 aromatic carbocycles. The van der Waals surface area contributed by atoms with Crippen LogP contribution in [0.3, 0.4) is 0 Å². The monoisotopic (exact) mass is 363 g/mol. The fourth-order valence-corrected chi connectivity index (χ4v) is 2.20. The van der Waals surface area contributed by atoms with Crippen molar-refractivity contribution in [1.82, 2.24) is 5.32 Å². The van der Waals surface area contributed by atoms with Gasteiger partial charge in [0.2, 0.25) is 5.91 Å². The first kappa shape index (κ1) is 20.6. The number of hydrogen-bond acceptors (Lipinski definition) is 4. The quantitative estimate of drug-likeness (QED) is 0.741. The number of ether oxygens (including phenoxy) is 2. The van der Waals surface area contributed by atoms with E-state index >= 15 is 0 Å². The van der Waals surface area contributed by atoms with E-state index in [0.717, 1.165) is 0 Å². The van der Waals surface area contributed by atoms with E-state index in [-0.39, 0.29) is 6.42 Å². The number of carboxylic acid groups (broad SMARTS) is 1. The molecule has 0 saturated heterocycles. The topological polar surface area (TPSA) is 84.9 Å². The van der Waals surface area contributed by atoms with Crippen molar-refractivity contribution in [2.75, 3.05) is 14.2 Å². The molecule has 0 heterocycles. The van der Waals surface area contributed by atoms with Gasteiger partial charge in [0.05, 0.1) is 20.6 Å². The van der Waals surface area contributed by atoms with E-state index in [4.69, 9.17) is 14.6 Å². The molecule has 1 rings (SSSR count). The van der Waals surface area contributed by atoms with Gasteiger partial charge in [-0.15, -0.1) is 0 Å². The number of carbonyl (C=O) groups excluding carboxylic acids is 1. The maximum atomic E-state index is 12.4. The van der Waals surface area contributed by atoms with Crippen LogP contribution in [0.15, 0.2) is 18.2 Å². The molecule has 0 bridgehead atoms. The van der Waals surface area contributed by atoms with Crippen LogP contribution in [0.2, 0.25) is 0 Å². The van der Waals surface area contributed by atoms with Crippen molar-refractivity contribution < 1.29 is 37.3 Å². The maximum absolute atomic E-state index is 12.4. The third kappa shape index (κ3) is 6.52. The molecular formula is C16H20F3NO5.